The number of pyridine rings is 1. The highest BCUT2D eigenvalue weighted by Gasteiger charge is 2.27. The monoisotopic (exact) mass is 538 g/mol. The molecule has 0 saturated heterocycles. The summed E-state index contributed by atoms with van der Waals surface area (Å²) in [6.07, 6.45) is 0.740. The van der Waals surface area contributed by atoms with Crippen LogP contribution in [0, 0.1) is 0 Å². The van der Waals surface area contributed by atoms with Crippen LogP contribution in [-0.2, 0) is 19.6 Å². The Labute approximate surface area is 233 Å². The second kappa shape index (κ2) is 12.6. The Morgan fingerprint density at radius 3 is 2.50 bits per heavy atom. The number of nitrogens with zero attached hydrogens (tertiary/aromatic N) is 5. The van der Waals surface area contributed by atoms with Crippen LogP contribution in [0.15, 0.2) is 83.7 Å². The summed E-state index contributed by atoms with van der Waals surface area (Å²) in [4.78, 5) is 18.6. The van der Waals surface area contributed by atoms with Crippen molar-refractivity contribution in [3.05, 3.63) is 112 Å². The molecule has 5 rings (SSSR count). The molecule has 5 aromatic rings. The van der Waals surface area contributed by atoms with Gasteiger partial charge in [-0.05, 0) is 59.7 Å². The lowest BCUT2D eigenvalue weighted by Crippen LogP contribution is -2.32. The molecule has 0 aliphatic heterocycles. The summed E-state index contributed by atoms with van der Waals surface area (Å²) >= 11 is 0. The van der Waals surface area contributed by atoms with Crippen LogP contribution in [0.3, 0.4) is 0 Å². The van der Waals surface area contributed by atoms with Crippen LogP contribution in [0.4, 0.5) is 0 Å². The number of aromatic nitrogens is 5. The first-order valence-corrected chi connectivity index (χ1v) is 13.5. The molecule has 0 spiro atoms. The fourth-order valence-corrected chi connectivity index (χ4v) is 5.07. The van der Waals surface area contributed by atoms with Gasteiger partial charge in [0.15, 0.2) is 5.82 Å². The Morgan fingerprint density at radius 2 is 1.73 bits per heavy atom. The molecule has 9 nitrogen and oxygen atoms in total. The van der Waals surface area contributed by atoms with Gasteiger partial charge < -0.3 is 14.5 Å². The van der Waals surface area contributed by atoms with Gasteiger partial charge in [0.2, 0.25) is 0 Å². The average molecular weight is 539 g/mol. The van der Waals surface area contributed by atoms with Crippen LogP contribution in [0.2, 0.25) is 0 Å². The Hall–Kier alpha value is -4.50. The van der Waals surface area contributed by atoms with E-state index in [4.69, 9.17) is 9.47 Å². The van der Waals surface area contributed by atoms with Crippen LogP contribution >= 0.6 is 0 Å². The largest absolute Gasteiger partial charge is 0.496 e. The molecule has 0 radical (unpaired) electrons. The first-order valence-electron chi connectivity index (χ1n) is 13.5. The number of fused-ring (bicyclic) bond motifs is 1. The van der Waals surface area contributed by atoms with E-state index in [1.807, 2.05) is 78.3 Å². The van der Waals surface area contributed by atoms with Crippen molar-refractivity contribution in [1.29, 1.82) is 0 Å². The Morgan fingerprint density at radius 1 is 0.950 bits per heavy atom. The maximum Gasteiger partial charge on any atom is 0.252 e. The number of H-pyrrole nitrogens is 1. The fraction of sp³-hybridized carbons (Fsp3) is 0.290. The van der Waals surface area contributed by atoms with Crippen LogP contribution in [0.5, 0.6) is 11.5 Å². The van der Waals surface area contributed by atoms with Crippen LogP contribution < -0.4 is 15.0 Å². The molecule has 2 heterocycles. The van der Waals surface area contributed by atoms with Gasteiger partial charge in [0.25, 0.3) is 5.56 Å². The third-order valence-electron chi connectivity index (χ3n) is 7.00. The molecule has 3 aromatic carbocycles. The highest BCUT2D eigenvalue weighted by atomic mass is 16.5. The molecule has 206 valence electrons. The Balaban J connectivity index is 1.54. The minimum absolute atomic E-state index is 0.125. The van der Waals surface area contributed by atoms with Crippen molar-refractivity contribution >= 4 is 10.9 Å². The van der Waals surface area contributed by atoms with Crippen molar-refractivity contribution in [3.63, 3.8) is 0 Å². The molecule has 0 bridgehead atoms. The number of aromatic amines is 1. The molecule has 0 saturated carbocycles. The van der Waals surface area contributed by atoms with Gasteiger partial charge in [-0.15, -0.1) is 5.10 Å². The summed E-state index contributed by atoms with van der Waals surface area (Å²) in [5.41, 5.74) is 3.42. The SMILES string of the molecule is CCOc1ccc2[nH]c(=O)c(CN(Cc3ccccc3OC)[C@H](CC)c3nnnn3Cc3ccccc3)cc2c1. The van der Waals surface area contributed by atoms with E-state index in [0.717, 1.165) is 45.8 Å². The zero-order chi connectivity index (χ0) is 27.9. The lowest BCUT2D eigenvalue weighted by molar-refractivity contribution is 0.159. The number of benzene rings is 3. The molecule has 0 aliphatic carbocycles. The second-order valence-corrected chi connectivity index (χ2v) is 9.63. The summed E-state index contributed by atoms with van der Waals surface area (Å²) in [5.74, 6) is 2.31. The summed E-state index contributed by atoms with van der Waals surface area (Å²) < 4.78 is 13.2. The molecule has 9 heteroatoms. The fourth-order valence-electron chi connectivity index (χ4n) is 5.07. The number of ether oxygens (including phenoxy) is 2. The zero-order valence-corrected chi connectivity index (χ0v) is 23.1. The number of methoxy groups -OCH3 is 1. The predicted octanol–water partition coefficient (Wildman–Crippen LogP) is 5.12. The van der Waals surface area contributed by atoms with E-state index in [1.165, 1.54) is 0 Å². The minimum Gasteiger partial charge on any atom is -0.496 e. The predicted molar refractivity (Wildman–Crippen MR) is 154 cm³/mol. The van der Waals surface area contributed by atoms with E-state index in [-0.39, 0.29) is 11.6 Å². The topological polar surface area (TPSA) is 98.2 Å². The molecule has 0 fully saturated rings. The lowest BCUT2D eigenvalue weighted by Gasteiger charge is -2.30. The van der Waals surface area contributed by atoms with Gasteiger partial charge in [-0.25, -0.2) is 4.68 Å². The van der Waals surface area contributed by atoms with Gasteiger partial charge >= 0.3 is 0 Å². The summed E-state index contributed by atoms with van der Waals surface area (Å²) in [6, 6.07) is 25.6. The quantitative estimate of drug-likeness (QED) is 0.235. The van der Waals surface area contributed by atoms with Crippen LogP contribution in [0.1, 0.15) is 48.8 Å². The van der Waals surface area contributed by atoms with Gasteiger partial charge in [0.05, 0.1) is 26.3 Å². The van der Waals surface area contributed by atoms with Crippen molar-refractivity contribution in [3.8, 4) is 11.5 Å². The third kappa shape index (κ3) is 6.05. The minimum atomic E-state index is -0.159. The van der Waals surface area contributed by atoms with E-state index in [2.05, 4.69) is 44.5 Å². The summed E-state index contributed by atoms with van der Waals surface area (Å²) in [7, 11) is 1.67. The second-order valence-electron chi connectivity index (χ2n) is 9.63. The number of para-hydroxylation sites is 1. The number of hydrogen-bond acceptors (Lipinski definition) is 7. The van der Waals surface area contributed by atoms with E-state index < -0.39 is 0 Å². The number of tetrazole rings is 1. The van der Waals surface area contributed by atoms with E-state index in [0.29, 0.717) is 31.8 Å². The van der Waals surface area contributed by atoms with Gasteiger partial charge in [0, 0.05) is 35.1 Å². The third-order valence-corrected chi connectivity index (χ3v) is 7.00. The molecule has 1 atom stereocenters. The van der Waals surface area contributed by atoms with Crippen molar-refractivity contribution in [1.82, 2.24) is 30.1 Å². The first-order chi connectivity index (χ1) is 19.6. The van der Waals surface area contributed by atoms with E-state index >= 15 is 0 Å². The number of nitrogens with one attached hydrogen (secondary N) is 1. The molecular formula is C31H34N6O3. The van der Waals surface area contributed by atoms with Crippen molar-refractivity contribution in [2.45, 2.75) is 45.9 Å². The maximum atomic E-state index is 13.3. The molecule has 1 N–H and O–H groups in total. The highest BCUT2D eigenvalue weighted by Crippen LogP contribution is 2.30. The van der Waals surface area contributed by atoms with Gasteiger partial charge in [0.1, 0.15) is 11.5 Å². The molecule has 0 amide bonds. The standard InChI is InChI=1S/C31H34N6O3/c1-4-28(30-33-34-35-37(30)19-22-11-7-6-8-12-22)36(20-23-13-9-10-14-29(23)39-3)21-25-17-24-18-26(40-5-2)15-16-27(24)32-31(25)38/h6-18,28H,4-5,19-21H2,1-3H3,(H,32,38)/t28-/m1/s1. The number of hydrogen-bond donors (Lipinski definition) is 1. The van der Waals surface area contributed by atoms with E-state index in [9.17, 15) is 4.79 Å². The highest BCUT2D eigenvalue weighted by molar-refractivity contribution is 5.80. The Kier molecular flexibility index (Phi) is 8.51. The summed E-state index contributed by atoms with van der Waals surface area (Å²) in [5, 5.41) is 13.7. The van der Waals surface area contributed by atoms with Crippen LogP contribution in [-0.4, -0.2) is 43.8 Å². The normalized spacial score (nSPS) is 12.1. The van der Waals surface area contributed by atoms with E-state index in [1.54, 1.807) is 7.11 Å². The average Bonchev–Trinajstić information content (AvgIpc) is 3.42. The molecule has 2 aromatic heterocycles. The molecular weight excluding hydrogens is 504 g/mol. The van der Waals surface area contributed by atoms with Crippen molar-refractivity contribution < 1.29 is 9.47 Å². The van der Waals surface area contributed by atoms with Gasteiger partial charge in [-0.3, -0.25) is 9.69 Å². The van der Waals surface area contributed by atoms with Crippen molar-refractivity contribution in [2.24, 2.45) is 0 Å². The van der Waals surface area contributed by atoms with Crippen molar-refractivity contribution in [2.75, 3.05) is 13.7 Å². The summed E-state index contributed by atoms with van der Waals surface area (Å²) in [6.45, 7) is 6.12. The first kappa shape index (κ1) is 27.1. The molecule has 0 aliphatic rings. The van der Waals surface area contributed by atoms with Crippen LogP contribution in [0.25, 0.3) is 10.9 Å². The number of rotatable bonds is 12. The van der Waals surface area contributed by atoms with Gasteiger partial charge in [-0.1, -0.05) is 55.5 Å². The lowest BCUT2D eigenvalue weighted by atomic mass is 10.1. The smallest absolute Gasteiger partial charge is 0.252 e. The Bertz CT molecular complexity index is 1610. The maximum absolute atomic E-state index is 13.3. The van der Waals surface area contributed by atoms with Gasteiger partial charge in [-0.2, -0.15) is 0 Å². The zero-order valence-electron chi connectivity index (χ0n) is 23.1. The molecule has 40 heavy (non-hydrogen) atoms. The molecule has 0 unspecified atom stereocenters.